The van der Waals surface area contributed by atoms with Gasteiger partial charge in [-0.3, -0.25) is 28.6 Å². The lowest BCUT2D eigenvalue weighted by molar-refractivity contribution is -0.145. The molecule has 2 fully saturated rings. The highest BCUT2D eigenvalue weighted by molar-refractivity contribution is 6.36. The summed E-state index contributed by atoms with van der Waals surface area (Å²) in [6.45, 7) is 6.10. The van der Waals surface area contributed by atoms with Gasteiger partial charge in [0.05, 0.1) is 36.5 Å². The van der Waals surface area contributed by atoms with Crippen LogP contribution in [-0.4, -0.2) is 66.7 Å². The summed E-state index contributed by atoms with van der Waals surface area (Å²) in [4.78, 5) is 57.5. The average molecular weight is 733 g/mol. The second-order valence-electron chi connectivity index (χ2n) is 12.9. The second kappa shape index (κ2) is 13.7. The third-order valence-corrected chi connectivity index (χ3v) is 10.3. The lowest BCUT2D eigenvalue weighted by Crippen LogP contribution is -2.38. The van der Waals surface area contributed by atoms with Crippen molar-refractivity contribution in [1.82, 2.24) is 34.0 Å². The van der Waals surface area contributed by atoms with Crippen molar-refractivity contribution in [2.24, 2.45) is 31.8 Å². The number of esters is 1. The summed E-state index contributed by atoms with van der Waals surface area (Å²) < 4.78 is 40.5. The van der Waals surface area contributed by atoms with Crippen molar-refractivity contribution in [2.45, 2.75) is 26.8 Å². The molecule has 5 aromatic rings. The number of carbonyl (C=O) groups is 1. The number of rotatable bonds is 10. The number of aryl methyl sites for hydroxylation is 1. The maximum absolute atomic E-state index is 13.9. The van der Waals surface area contributed by atoms with E-state index in [0.29, 0.717) is 69.7 Å². The molecule has 3 aromatic heterocycles. The summed E-state index contributed by atoms with van der Waals surface area (Å²) in [5.41, 5.74) is 2.66. The molecular formula is C36H35ClF2N8O5. The number of alkyl halides is 2. The van der Waals surface area contributed by atoms with Crippen LogP contribution in [0.1, 0.15) is 30.4 Å². The molecule has 52 heavy (non-hydrogen) atoms. The first-order valence-corrected chi connectivity index (χ1v) is 17.0. The van der Waals surface area contributed by atoms with E-state index >= 15 is 0 Å². The van der Waals surface area contributed by atoms with E-state index in [-0.39, 0.29) is 28.7 Å². The largest absolute Gasteiger partial charge is 0.480 e. The molecule has 0 bridgehead atoms. The molecule has 1 saturated heterocycles. The van der Waals surface area contributed by atoms with E-state index in [9.17, 15) is 23.2 Å². The Morgan fingerprint density at radius 2 is 1.71 bits per heavy atom. The van der Waals surface area contributed by atoms with Crippen LogP contribution in [0.25, 0.3) is 33.4 Å². The first-order chi connectivity index (χ1) is 24.9. The number of carbonyl (C=O) groups excluding carboxylic acids is 1. The molecule has 1 unspecified atom stereocenters. The van der Waals surface area contributed by atoms with Crippen molar-refractivity contribution in [3.63, 3.8) is 0 Å². The van der Waals surface area contributed by atoms with E-state index in [1.54, 1.807) is 18.3 Å². The van der Waals surface area contributed by atoms with Crippen LogP contribution in [0.2, 0.25) is 5.02 Å². The van der Waals surface area contributed by atoms with E-state index in [1.165, 1.54) is 21.2 Å². The molecular weight excluding hydrogens is 698 g/mol. The highest BCUT2D eigenvalue weighted by atomic mass is 35.5. The average Bonchev–Trinajstić information content (AvgIpc) is 3.65. The van der Waals surface area contributed by atoms with Crippen molar-refractivity contribution < 1.29 is 23.0 Å². The summed E-state index contributed by atoms with van der Waals surface area (Å²) in [7, 11) is 4.18. The number of halogens is 3. The van der Waals surface area contributed by atoms with Gasteiger partial charge in [0.25, 0.3) is 12.0 Å². The summed E-state index contributed by atoms with van der Waals surface area (Å²) >= 11 is 7.07. The number of likely N-dealkylation sites (tertiary alicyclic amines) is 1. The minimum Gasteiger partial charge on any atom is -0.480 e. The molecule has 13 nitrogen and oxygen atoms in total. The fourth-order valence-electron chi connectivity index (χ4n) is 7.13. The normalized spacial score (nSPS) is 18.1. The van der Waals surface area contributed by atoms with Crippen LogP contribution in [0.3, 0.4) is 0 Å². The monoisotopic (exact) mass is 732 g/mol. The molecule has 270 valence electrons. The SMILES string of the molecule is CCOC(=O)C1[C@H]2CN(Cc3ncc(-c4cccc(-c5cccc(Nc6nc(C(F)F)nc7c6c(=O)n(C)c(=O)n7C)c5C)c4Cl)nc3OC)C[C@@H]12. The molecule has 7 rings (SSSR count). The van der Waals surface area contributed by atoms with Crippen molar-refractivity contribution >= 4 is 40.1 Å². The fraction of sp³-hybridized carbons (Fsp3) is 0.361. The quantitative estimate of drug-likeness (QED) is 0.193. The molecule has 0 spiro atoms. The van der Waals surface area contributed by atoms with E-state index < -0.39 is 23.5 Å². The number of nitrogens with one attached hydrogen (secondary N) is 1. The van der Waals surface area contributed by atoms with Gasteiger partial charge < -0.3 is 14.8 Å². The lowest BCUT2D eigenvalue weighted by Gasteiger charge is -2.20. The van der Waals surface area contributed by atoms with Crippen LogP contribution >= 0.6 is 11.6 Å². The maximum atomic E-state index is 13.9. The van der Waals surface area contributed by atoms with Gasteiger partial charge in [-0.25, -0.2) is 28.5 Å². The zero-order valence-corrected chi connectivity index (χ0v) is 29.7. The zero-order chi connectivity index (χ0) is 37.0. The van der Waals surface area contributed by atoms with Crippen LogP contribution in [0.15, 0.2) is 52.2 Å². The lowest BCUT2D eigenvalue weighted by atomic mass is 9.96. The van der Waals surface area contributed by atoms with Crippen LogP contribution in [0, 0.1) is 24.7 Å². The molecule has 1 aliphatic carbocycles. The van der Waals surface area contributed by atoms with Gasteiger partial charge in [0, 0.05) is 50.5 Å². The molecule has 2 aliphatic rings. The number of piperidine rings is 1. The predicted molar refractivity (Wildman–Crippen MR) is 190 cm³/mol. The van der Waals surface area contributed by atoms with Gasteiger partial charge in [-0.1, -0.05) is 41.9 Å². The van der Waals surface area contributed by atoms with E-state index in [4.69, 9.17) is 31.0 Å². The van der Waals surface area contributed by atoms with E-state index in [1.807, 2.05) is 38.1 Å². The van der Waals surface area contributed by atoms with Crippen LogP contribution in [0.4, 0.5) is 20.3 Å². The molecule has 0 amide bonds. The Balaban J connectivity index is 1.18. The second-order valence-corrected chi connectivity index (χ2v) is 13.3. The summed E-state index contributed by atoms with van der Waals surface area (Å²) in [5.74, 6) is -0.151. The molecule has 2 aromatic carbocycles. The Kier molecular flexibility index (Phi) is 9.25. The Morgan fingerprint density at radius 3 is 2.40 bits per heavy atom. The number of fused-ring (bicyclic) bond motifs is 2. The van der Waals surface area contributed by atoms with Gasteiger partial charge >= 0.3 is 11.7 Å². The smallest absolute Gasteiger partial charge is 0.332 e. The van der Waals surface area contributed by atoms with Gasteiger partial charge in [-0.05, 0) is 42.9 Å². The van der Waals surface area contributed by atoms with E-state index in [0.717, 1.165) is 27.8 Å². The number of anilines is 2. The van der Waals surface area contributed by atoms with Crippen molar-refractivity contribution in [3.8, 4) is 28.3 Å². The topological polar surface area (TPSA) is 146 Å². The molecule has 16 heteroatoms. The Hall–Kier alpha value is -5.28. The number of hydrogen-bond acceptors (Lipinski definition) is 11. The molecule has 4 heterocycles. The predicted octanol–water partition coefficient (Wildman–Crippen LogP) is 5.04. The minimum absolute atomic E-state index is 0.0165. The Morgan fingerprint density at radius 1 is 1.02 bits per heavy atom. The highest BCUT2D eigenvalue weighted by Gasteiger charge is 2.60. The van der Waals surface area contributed by atoms with Crippen LogP contribution < -0.4 is 21.3 Å². The van der Waals surface area contributed by atoms with Crippen LogP contribution in [-0.2, 0) is 30.2 Å². The first kappa shape index (κ1) is 35.1. The fourth-order valence-corrected chi connectivity index (χ4v) is 7.46. The van der Waals surface area contributed by atoms with Gasteiger partial charge in [0.1, 0.15) is 16.9 Å². The van der Waals surface area contributed by atoms with Gasteiger partial charge in [0.15, 0.2) is 11.5 Å². The Labute approximate surface area is 301 Å². The first-order valence-electron chi connectivity index (χ1n) is 16.6. The standard InChI is InChI=1S/C36H35ClF2N8O5/c1-6-52-35(49)26-21-14-47(15-22(21)26)16-25-33(51-5)42-24(13-40-25)20-11-7-10-19(28(20)37)18-9-8-12-23(17(18)2)41-30-27-32(44-31(43-30)29(38)39)45(3)36(50)46(4)34(27)48/h7-13,21-22,26,29H,6,14-16H2,1-5H3,(H,41,43,44)/t21-,22+,26?. The summed E-state index contributed by atoms with van der Waals surface area (Å²) in [5, 5.41) is 3.33. The number of benzene rings is 2. The van der Waals surface area contributed by atoms with Gasteiger partial charge in [0.2, 0.25) is 5.88 Å². The number of methoxy groups -OCH3 is 1. The highest BCUT2D eigenvalue weighted by Crippen LogP contribution is 2.52. The number of aromatic nitrogens is 6. The van der Waals surface area contributed by atoms with Crippen molar-refractivity contribution in [1.29, 1.82) is 0 Å². The summed E-state index contributed by atoms with van der Waals surface area (Å²) in [6.07, 6.45) is -1.40. The zero-order valence-electron chi connectivity index (χ0n) is 29.0. The van der Waals surface area contributed by atoms with Crippen molar-refractivity contribution in [2.75, 3.05) is 32.1 Å². The third-order valence-electron chi connectivity index (χ3n) is 9.87. The summed E-state index contributed by atoms with van der Waals surface area (Å²) in [6, 6.07) is 10.8. The third kappa shape index (κ3) is 6.06. The molecule has 1 saturated carbocycles. The van der Waals surface area contributed by atoms with E-state index in [2.05, 4.69) is 20.2 Å². The minimum atomic E-state index is -3.05. The number of nitrogens with zero attached hydrogens (tertiary/aromatic N) is 7. The molecule has 1 aliphatic heterocycles. The van der Waals surface area contributed by atoms with Crippen molar-refractivity contribution in [3.05, 3.63) is 85.5 Å². The molecule has 0 radical (unpaired) electrons. The number of hydrogen-bond donors (Lipinski definition) is 1. The van der Waals surface area contributed by atoms with Gasteiger partial charge in [-0.15, -0.1) is 0 Å². The Bertz CT molecular complexity index is 2360. The molecule has 1 N–H and O–H groups in total. The molecule has 3 atom stereocenters. The van der Waals surface area contributed by atoms with Gasteiger partial charge in [-0.2, -0.15) is 0 Å². The number of ether oxygens (including phenoxy) is 2. The maximum Gasteiger partial charge on any atom is 0.332 e. The van der Waals surface area contributed by atoms with Crippen LogP contribution in [0.5, 0.6) is 5.88 Å².